The molecule has 0 fully saturated rings. The molecule has 6 heterocycles. The standard InChI is InChI=1S/C53H36N2S3/c1-5-35-12-20-39(21-13-35)53-43-25-24-42(55-43)52(38-18-10-34(4)11-19-38)49-31-30-48(58-49)51(37-16-8-33(3)9-17-37)41-23-22-40(54-41)50(36-14-6-32(2)7-15-36)46-28-26-44(56-46)45-27-29-47(53)57-45/h1,6-31H,2-4H3. The summed E-state index contributed by atoms with van der Waals surface area (Å²) in [6, 6.07) is 48.3. The highest BCUT2D eigenvalue weighted by molar-refractivity contribution is 7.31. The molecule has 2 aliphatic heterocycles. The number of hydrogen-bond acceptors (Lipinski definition) is 5. The molecule has 0 saturated heterocycles. The van der Waals surface area contributed by atoms with Gasteiger partial charge in [-0.1, -0.05) is 108 Å². The summed E-state index contributed by atoms with van der Waals surface area (Å²) in [7, 11) is 0. The van der Waals surface area contributed by atoms with Gasteiger partial charge in [0.1, 0.15) is 0 Å². The van der Waals surface area contributed by atoms with Crippen molar-refractivity contribution < 1.29 is 0 Å². The van der Waals surface area contributed by atoms with Gasteiger partial charge in [-0.3, -0.25) is 0 Å². The van der Waals surface area contributed by atoms with Crippen molar-refractivity contribution in [3.8, 4) is 56.9 Å². The summed E-state index contributed by atoms with van der Waals surface area (Å²) in [4.78, 5) is 11.0. The van der Waals surface area contributed by atoms with Crippen molar-refractivity contribution in [3.05, 3.63) is 178 Å². The largest absolute Gasteiger partial charge is 0.248 e. The van der Waals surface area contributed by atoms with Crippen LogP contribution in [0.5, 0.6) is 0 Å². The van der Waals surface area contributed by atoms with E-state index in [1.165, 1.54) is 30.8 Å². The van der Waals surface area contributed by atoms with Gasteiger partial charge in [-0.05, 0) is 116 Å². The van der Waals surface area contributed by atoms with Crippen LogP contribution in [-0.2, 0) is 0 Å². The molecule has 5 heteroatoms. The first kappa shape index (κ1) is 36.0. The molecule has 0 aliphatic carbocycles. The van der Waals surface area contributed by atoms with Crippen molar-refractivity contribution in [3.63, 3.8) is 0 Å². The summed E-state index contributed by atoms with van der Waals surface area (Å²) in [6.07, 6.45) is 14.5. The Kier molecular flexibility index (Phi) is 9.19. The molecule has 276 valence electrons. The van der Waals surface area contributed by atoms with Gasteiger partial charge in [0.2, 0.25) is 0 Å². The minimum atomic E-state index is 0.854. The molecule has 0 amide bonds. The molecule has 10 rings (SSSR count). The smallest absolute Gasteiger partial charge is 0.0730 e. The fourth-order valence-electron chi connectivity index (χ4n) is 7.66. The molecule has 0 spiro atoms. The minimum Gasteiger partial charge on any atom is -0.248 e. The highest BCUT2D eigenvalue weighted by atomic mass is 32.1. The third-order valence-electron chi connectivity index (χ3n) is 10.7. The molecule has 0 N–H and O–H groups in total. The van der Waals surface area contributed by atoms with Crippen molar-refractivity contribution >= 4 is 86.5 Å². The molecule has 8 aromatic rings. The maximum Gasteiger partial charge on any atom is 0.0730 e. The molecule has 0 unspecified atom stereocenters. The van der Waals surface area contributed by atoms with E-state index in [1.54, 1.807) is 22.7 Å². The molecule has 0 saturated carbocycles. The Hall–Kier alpha value is -6.42. The Labute approximate surface area is 350 Å². The highest BCUT2D eigenvalue weighted by Gasteiger charge is 2.19. The van der Waals surface area contributed by atoms with E-state index in [1.807, 2.05) is 23.5 Å². The number of thiophene rings is 3. The van der Waals surface area contributed by atoms with Gasteiger partial charge in [0.15, 0.2) is 0 Å². The summed E-state index contributed by atoms with van der Waals surface area (Å²) in [5.41, 5.74) is 17.2. The Bertz CT molecular complexity index is 3220. The van der Waals surface area contributed by atoms with Gasteiger partial charge in [-0.25, -0.2) is 9.97 Å². The number of aryl methyl sites for hydroxylation is 3. The molecule has 2 nitrogen and oxygen atoms in total. The number of aromatic nitrogens is 2. The van der Waals surface area contributed by atoms with Crippen LogP contribution in [-0.4, -0.2) is 9.97 Å². The molecule has 4 aromatic heterocycles. The highest BCUT2D eigenvalue weighted by Crippen LogP contribution is 2.43. The molecule has 10 bridgehead atoms. The van der Waals surface area contributed by atoms with Crippen LogP contribution in [0.4, 0.5) is 0 Å². The average Bonchev–Trinajstić information content (AvgIpc) is 4.11. The predicted molar refractivity (Wildman–Crippen MR) is 254 cm³/mol. The Balaban J connectivity index is 1.38. The van der Waals surface area contributed by atoms with Crippen LogP contribution in [0, 0.1) is 33.1 Å². The summed E-state index contributed by atoms with van der Waals surface area (Å²) in [5.74, 6) is 2.78. The molecule has 0 radical (unpaired) electrons. The zero-order chi connectivity index (χ0) is 39.3. The average molecular weight is 797 g/mol. The van der Waals surface area contributed by atoms with E-state index in [-0.39, 0.29) is 0 Å². The molecular formula is C53H36N2S3. The second-order valence-electron chi connectivity index (χ2n) is 14.7. The summed E-state index contributed by atoms with van der Waals surface area (Å²) in [5, 5.41) is 0. The normalized spacial score (nSPS) is 11.9. The summed E-state index contributed by atoms with van der Waals surface area (Å²) >= 11 is 5.40. The van der Waals surface area contributed by atoms with E-state index in [0.29, 0.717) is 0 Å². The topological polar surface area (TPSA) is 25.8 Å². The van der Waals surface area contributed by atoms with Crippen LogP contribution in [0.3, 0.4) is 0 Å². The Morgan fingerprint density at radius 3 is 0.897 bits per heavy atom. The van der Waals surface area contributed by atoms with Crippen LogP contribution in [0.15, 0.2) is 133 Å². The third-order valence-corrected chi connectivity index (χ3v) is 14.2. The maximum absolute atomic E-state index is 5.80. The first-order valence-corrected chi connectivity index (χ1v) is 21.7. The summed E-state index contributed by atoms with van der Waals surface area (Å²) < 4.78 is 7.06. The number of terminal acetylenes is 1. The second-order valence-corrected chi connectivity index (χ2v) is 18.0. The van der Waals surface area contributed by atoms with Crippen LogP contribution in [0.25, 0.3) is 97.0 Å². The third kappa shape index (κ3) is 6.66. The first-order chi connectivity index (χ1) is 28.4. The minimum absolute atomic E-state index is 0.854. The Morgan fingerprint density at radius 2 is 0.603 bits per heavy atom. The van der Waals surface area contributed by atoms with E-state index in [4.69, 9.17) is 16.4 Å². The number of nitrogens with zero attached hydrogens (tertiary/aromatic N) is 2. The van der Waals surface area contributed by atoms with E-state index in [9.17, 15) is 0 Å². The van der Waals surface area contributed by atoms with Gasteiger partial charge in [-0.2, -0.15) is 0 Å². The van der Waals surface area contributed by atoms with Crippen molar-refractivity contribution in [2.45, 2.75) is 20.8 Å². The second kappa shape index (κ2) is 14.8. The Morgan fingerprint density at radius 1 is 0.345 bits per heavy atom. The monoisotopic (exact) mass is 796 g/mol. The van der Waals surface area contributed by atoms with Crippen LogP contribution in [0.1, 0.15) is 45.0 Å². The van der Waals surface area contributed by atoms with Gasteiger partial charge >= 0.3 is 0 Å². The van der Waals surface area contributed by atoms with Crippen molar-refractivity contribution in [1.29, 1.82) is 0 Å². The number of benzene rings is 4. The van der Waals surface area contributed by atoms with Gasteiger partial charge in [-0.15, -0.1) is 40.4 Å². The quantitative estimate of drug-likeness (QED) is 0.166. The number of hydrogen-bond donors (Lipinski definition) is 0. The van der Waals surface area contributed by atoms with Gasteiger partial charge in [0, 0.05) is 56.0 Å². The zero-order valence-electron chi connectivity index (χ0n) is 32.2. The van der Waals surface area contributed by atoms with Crippen molar-refractivity contribution in [1.82, 2.24) is 9.97 Å². The summed E-state index contributed by atoms with van der Waals surface area (Å²) in [6.45, 7) is 6.40. The van der Waals surface area contributed by atoms with Crippen LogP contribution in [0.2, 0.25) is 0 Å². The van der Waals surface area contributed by atoms with Crippen LogP contribution >= 0.6 is 34.0 Å². The van der Waals surface area contributed by atoms with E-state index >= 15 is 0 Å². The van der Waals surface area contributed by atoms with E-state index in [0.717, 1.165) is 86.9 Å². The lowest BCUT2D eigenvalue weighted by Crippen LogP contribution is -1.87. The van der Waals surface area contributed by atoms with Gasteiger partial charge in [0.05, 0.1) is 22.8 Å². The lowest BCUT2D eigenvalue weighted by Gasteiger charge is -2.06. The fraction of sp³-hybridized carbons (Fsp3) is 0.0566. The van der Waals surface area contributed by atoms with E-state index in [2.05, 4.69) is 172 Å². The molecule has 58 heavy (non-hydrogen) atoms. The number of rotatable bonds is 4. The molecule has 4 aromatic carbocycles. The lowest BCUT2D eigenvalue weighted by atomic mass is 10.0. The molecular weight excluding hydrogens is 761 g/mol. The maximum atomic E-state index is 5.80. The lowest BCUT2D eigenvalue weighted by molar-refractivity contribution is 1.33. The van der Waals surface area contributed by atoms with Gasteiger partial charge < -0.3 is 0 Å². The van der Waals surface area contributed by atoms with E-state index < -0.39 is 0 Å². The first-order valence-electron chi connectivity index (χ1n) is 19.2. The predicted octanol–water partition coefficient (Wildman–Crippen LogP) is 15.5. The zero-order valence-corrected chi connectivity index (χ0v) is 34.7. The number of fused-ring (bicyclic) bond motifs is 11. The molecule has 2 aliphatic rings. The van der Waals surface area contributed by atoms with Crippen molar-refractivity contribution in [2.75, 3.05) is 0 Å². The fourth-order valence-corrected chi connectivity index (χ4v) is 11.1. The van der Waals surface area contributed by atoms with Crippen LogP contribution < -0.4 is 0 Å². The SMILES string of the molecule is C#Cc1ccc(-c2c3nc(c(-c4ccc(C)cc4)c4ccc(s4)c(-c4ccc(C)cc4)c4nc(c(-c5ccc(C)cc5)c5ccc(s5)c5ccc2s5)C=C4)C=C3)cc1. The van der Waals surface area contributed by atoms with Gasteiger partial charge in [0.25, 0.3) is 0 Å². The van der Waals surface area contributed by atoms with Crippen molar-refractivity contribution in [2.24, 2.45) is 0 Å². The molecule has 0 atom stereocenters.